The standard InChI is InChI=1S/C41H48N4O5/c1-27(40(48)49)44-39(47)36(45-38(46)32-14-18-34(19-15-32)41(2,3)4)24-29-10-12-31(13-11-29)37-42-25-33(26-43-37)30-16-20-35(21-17-30)50-23-22-28-8-6-5-7-9-28/h10-21,25-28,36H,5-9,22-24H2,1-4H3,(H,44,47)(H,45,46)(H,48,49). The quantitative estimate of drug-likeness (QED) is 0.135. The zero-order valence-electron chi connectivity index (χ0n) is 29.4. The minimum atomic E-state index is -1.16. The molecule has 2 amide bonds. The maximum atomic E-state index is 13.2. The van der Waals surface area contributed by atoms with Crippen molar-refractivity contribution in [1.29, 1.82) is 0 Å². The first-order chi connectivity index (χ1) is 24.0. The van der Waals surface area contributed by atoms with Gasteiger partial charge in [0.1, 0.15) is 17.8 Å². The third kappa shape index (κ3) is 10.00. The van der Waals surface area contributed by atoms with Gasteiger partial charge >= 0.3 is 5.97 Å². The molecule has 4 aromatic rings. The lowest BCUT2D eigenvalue weighted by Gasteiger charge is -2.21. The Kier molecular flexibility index (Phi) is 12.0. The third-order valence-corrected chi connectivity index (χ3v) is 9.38. The summed E-state index contributed by atoms with van der Waals surface area (Å²) < 4.78 is 6.00. The van der Waals surface area contributed by atoms with E-state index in [0.29, 0.717) is 11.4 Å². The molecule has 2 atom stereocenters. The Morgan fingerprint density at radius 2 is 1.44 bits per heavy atom. The number of carboxylic acids is 1. The van der Waals surface area contributed by atoms with E-state index < -0.39 is 29.9 Å². The number of benzene rings is 3. The van der Waals surface area contributed by atoms with Crippen molar-refractivity contribution in [3.8, 4) is 28.3 Å². The average molecular weight is 677 g/mol. The molecule has 1 aliphatic carbocycles. The molecule has 0 saturated heterocycles. The first kappa shape index (κ1) is 36.2. The fourth-order valence-electron chi connectivity index (χ4n) is 6.16. The van der Waals surface area contributed by atoms with Crippen molar-refractivity contribution in [2.75, 3.05) is 6.61 Å². The molecule has 0 aliphatic heterocycles. The van der Waals surface area contributed by atoms with E-state index >= 15 is 0 Å². The van der Waals surface area contributed by atoms with E-state index in [4.69, 9.17) is 4.74 Å². The van der Waals surface area contributed by atoms with Crippen LogP contribution in [-0.2, 0) is 21.4 Å². The van der Waals surface area contributed by atoms with Crippen molar-refractivity contribution < 1.29 is 24.2 Å². The molecular formula is C41H48N4O5. The molecule has 1 aromatic heterocycles. The summed E-state index contributed by atoms with van der Waals surface area (Å²) in [7, 11) is 0. The van der Waals surface area contributed by atoms with Gasteiger partial charge in [-0.3, -0.25) is 14.4 Å². The summed E-state index contributed by atoms with van der Waals surface area (Å²) in [6.07, 6.45) is 11.6. The lowest BCUT2D eigenvalue weighted by atomic mass is 9.86. The molecule has 9 nitrogen and oxygen atoms in total. The second-order valence-electron chi connectivity index (χ2n) is 14.3. The number of ether oxygens (including phenoxy) is 1. The molecule has 3 aromatic carbocycles. The summed E-state index contributed by atoms with van der Waals surface area (Å²) in [5.74, 6) is 0.0507. The number of nitrogens with one attached hydrogen (secondary N) is 2. The van der Waals surface area contributed by atoms with Crippen LogP contribution < -0.4 is 15.4 Å². The lowest BCUT2D eigenvalue weighted by Crippen LogP contribution is -2.51. The molecule has 1 aliphatic rings. The molecule has 5 rings (SSSR count). The zero-order chi connectivity index (χ0) is 35.7. The molecular weight excluding hydrogens is 628 g/mol. The predicted octanol–water partition coefficient (Wildman–Crippen LogP) is 7.39. The van der Waals surface area contributed by atoms with E-state index in [1.165, 1.54) is 39.0 Å². The highest BCUT2D eigenvalue weighted by Gasteiger charge is 2.25. The van der Waals surface area contributed by atoms with E-state index in [0.717, 1.165) is 52.5 Å². The molecule has 1 fully saturated rings. The number of nitrogens with zero attached hydrogens (tertiary/aromatic N) is 2. The molecule has 2 unspecified atom stereocenters. The van der Waals surface area contributed by atoms with Crippen molar-refractivity contribution in [1.82, 2.24) is 20.6 Å². The van der Waals surface area contributed by atoms with Crippen molar-refractivity contribution in [3.63, 3.8) is 0 Å². The second kappa shape index (κ2) is 16.6. The summed E-state index contributed by atoms with van der Waals surface area (Å²) in [5, 5.41) is 14.6. The van der Waals surface area contributed by atoms with Gasteiger partial charge in [-0.15, -0.1) is 0 Å². The minimum Gasteiger partial charge on any atom is -0.494 e. The average Bonchev–Trinajstić information content (AvgIpc) is 3.12. The second-order valence-corrected chi connectivity index (χ2v) is 14.3. The van der Waals surface area contributed by atoms with Crippen LogP contribution in [0.5, 0.6) is 5.75 Å². The number of rotatable bonds is 13. The largest absolute Gasteiger partial charge is 0.494 e. The Balaban J connectivity index is 1.21. The monoisotopic (exact) mass is 676 g/mol. The molecule has 0 bridgehead atoms. The first-order valence-corrected chi connectivity index (χ1v) is 17.6. The van der Waals surface area contributed by atoms with E-state index in [1.54, 1.807) is 24.5 Å². The molecule has 262 valence electrons. The number of amides is 2. The summed E-state index contributed by atoms with van der Waals surface area (Å²) in [4.78, 5) is 46.9. The molecule has 0 radical (unpaired) electrons. The predicted molar refractivity (Wildman–Crippen MR) is 195 cm³/mol. The number of aromatic nitrogens is 2. The highest BCUT2D eigenvalue weighted by atomic mass is 16.5. The van der Waals surface area contributed by atoms with Gasteiger partial charge in [-0.05, 0) is 65.6 Å². The molecule has 1 saturated carbocycles. The van der Waals surface area contributed by atoms with E-state index in [9.17, 15) is 19.5 Å². The highest BCUT2D eigenvalue weighted by Crippen LogP contribution is 2.28. The van der Waals surface area contributed by atoms with Crippen LogP contribution in [0, 0.1) is 5.92 Å². The molecule has 1 heterocycles. The van der Waals surface area contributed by atoms with Crippen molar-refractivity contribution in [2.24, 2.45) is 5.92 Å². The van der Waals surface area contributed by atoms with Gasteiger partial charge in [0, 0.05) is 35.5 Å². The minimum absolute atomic E-state index is 0.0706. The topological polar surface area (TPSA) is 131 Å². The van der Waals surface area contributed by atoms with E-state index in [1.807, 2.05) is 60.7 Å². The Morgan fingerprint density at radius 3 is 2.04 bits per heavy atom. The number of aliphatic carboxylic acids is 1. The fourth-order valence-corrected chi connectivity index (χ4v) is 6.16. The van der Waals surface area contributed by atoms with Gasteiger partial charge < -0.3 is 20.5 Å². The summed E-state index contributed by atoms with van der Waals surface area (Å²) in [5.41, 5.74) is 4.89. The van der Waals surface area contributed by atoms with Crippen molar-refractivity contribution >= 4 is 17.8 Å². The number of hydrogen-bond acceptors (Lipinski definition) is 6. The Hall–Kier alpha value is -5.05. The first-order valence-electron chi connectivity index (χ1n) is 17.6. The SMILES string of the molecule is CC(NC(=O)C(Cc1ccc(-c2ncc(-c3ccc(OCCC4CCCCC4)cc3)cn2)cc1)NC(=O)c1ccc(C(C)(C)C)cc1)C(=O)O. The normalized spacial score (nSPS) is 14.7. The fraction of sp³-hybridized carbons (Fsp3) is 0.390. The van der Waals surface area contributed by atoms with Crippen molar-refractivity contribution in [2.45, 2.75) is 90.1 Å². The molecule has 0 spiro atoms. The highest BCUT2D eigenvalue weighted by molar-refractivity contribution is 5.98. The third-order valence-electron chi connectivity index (χ3n) is 9.38. The summed E-state index contributed by atoms with van der Waals surface area (Å²) >= 11 is 0. The maximum Gasteiger partial charge on any atom is 0.325 e. The molecule has 3 N–H and O–H groups in total. The van der Waals surface area contributed by atoms with Gasteiger partial charge in [-0.25, -0.2) is 9.97 Å². The smallest absolute Gasteiger partial charge is 0.325 e. The van der Waals surface area contributed by atoms with Crippen LogP contribution in [0.25, 0.3) is 22.5 Å². The van der Waals surface area contributed by atoms with E-state index in [2.05, 4.69) is 41.4 Å². The lowest BCUT2D eigenvalue weighted by molar-refractivity contribution is -0.141. The van der Waals surface area contributed by atoms with Gasteiger partial charge in [0.25, 0.3) is 5.91 Å². The molecule has 50 heavy (non-hydrogen) atoms. The van der Waals surface area contributed by atoms with Gasteiger partial charge in [0.05, 0.1) is 6.61 Å². The van der Waals surface area contributed by atoms with Crippen LogP contribution in [0.1, 0.15) is 87.7 Å². The number of carbonyl (C=O) groups excluding carboxylic acids is 2. The van der Waals surface area contributed by atoms with Crippen LogP contribution in [0.4, 0.5) is 0 Å². The molecule has 9 heteroatoms. The van der Waals surface area contributed by atoms with Gasteiger partial charge in [-0.2, -0.15) is 0 Å². The Labute approximate surface area is 294 Å². The van der Waals surface area contributed by atoms with Crippen LogP contribution in [0.3, 0.4) is 0 Å². The Bertz CT molecular complexity index is 1720. The number of carbonyl (C=O) groups is 3. The van der Waals surface area contributed by atoms with Crippen LogP contribution in [-0.4, -0.2) is 51.5 Å². The number of hydrogen-bond donors (Lipinski definition) is 3. The van der Waals surface area contributed by atoms with E-state index in [-0.39, 0.29) is 11.8 Å². The summed E-state index contributed by atoms with van der Waals surface area (Å²) in [6, 6.07) is 20.6. The van der Waals surface area contributed by atoms with Crippen LogP contribution in [0.15, 0.2) is 85.2 Å². The van der Waals surface area contributed by atoms with Crippen LogP contribution >= 0.6 is 0 Å². The van der Waals surface area contributed by atoms with Gasteiger partial charge in [0.15, 0.2) is 5.82 Å². The van der Waals surface area contributed by atoms with Crippen molar-refractivity contribution in [3.05, 3.63) is 102 Å². The Morgan fingerprint density at radius 1 is 0.820 bits per heavy atom. The number of carboxylic acid groups (broad SMARTS) is 1. The van der Waals surface area contributed by atoms with Crippen LogP contribution in [0.2, 0.25) is 0 Å². The van der Waals surface area contributed by atoms with Gasteiger partial charge in [-0.1, -0.05) is 101 Å². The summed E-state index contributed by atoms with van der Waals surface area (Å²) in [6.45, 7) is 8.40. The van der Waals surface area contributed by atoms with Gasteiger partial charge in [0.2, 0.25) is 5.91 Å². The zero-order valence-corrected chi connectivity index (χ0v) is 29.4. The maximum absolute atomic E-state index is 13.2.